The van der Waals surface area contributed by atoms with Crippen molar-refractivity contribution in [3.8, 4) is 0 Å². The summed E-state index contributed by atoms with van der Waals surface area (Å²) in [6, 6.07) is -0.623. The Balaban J connectivity index is 1.88. The van der Waals surface area contributed by atoms with E-state index in [0.717, 1.165) is 12.3 Å². The largest absolute Gasteiger partial charge is 0.461 e. The summed E-state index contributed by atoms with van der Waals surface area (Å²) in [6.45, 7) is 2.94. The third-order valence-corrected chi connectivity index (χ3v) is 3.30. The molecule has 4 nitrogen and oxygen atoms in total. The van der Waals surface area contributed by atoms with Crippen LogP contribution >= 0.6 is 0 Å². The van der Waals surface area contributed by atoms with Gasteiger partial charge >= 0.3 is 5.97 Å². The van der Waals surface area contributed by atoms with Crippen molar-refractivity contribution in [1.82, 2.24) is 0 Å². The number of hydrogen-bond acceptors (Lipinski definition) is 4. The van der Waals surface area contributed by atoms with Gasteiger partial charge in [-0.2, -0.15) is 0 Å². The molecule has 1 aliphatic carbocycles. The van der Waals surface area contributed by atoms with Gasteiger partial charge in [0.05, 0.1) is 12.7 Å². The van der Waals surface area contributed by atoms with Gasteiger partial charge < -0.3 is 15.2 Å². The number of carbonyl (C=O) groups is 1. The number of nitrogens with two attached hydrogens (primary N) is 1. The Hall–Kier alpha value is -0.610. The predicted molar refractivity (Wildman–Crippen MR) is 59.8 cm³/mol. The Morgan fingerprint density at radius 2 is 2.06 bits per heavy atom. The van der Waals surface area contributed by atoms with Crippen molar-refractivity contribution >= 4 is 5.97 Å². The summed E-state index contributed by atoms with van der Waals surface area (Å²) < 4.78 is 10.8. The molecule has 0 aromatic heterocycles. The monoisotopic (exact) mass is 227 g/mol. The molecule has 1 heterocycles. The van der Waals surface area contributed by atoms with Crippen LogP contribution in [-0.4, -0.2) is 31.3 Å². The SMILES string of the molecule is CC1C[C@@H](CC2CC2)COC[C@H](N)C(=O)O1. The van der Waals surface area contributed by atoms with Crippen LogP contribution in [-0.2, 0) is 14.3 Å². The summed E-state index contributed by atoms with van der Waals surface area (Å²) in [5.41, 5.74) is 5.64. The van der Waals surface area contributed by atoms with Gasteiger partial charge in [-0.1, -0.05) is 12.8 Å². The summed E-state index contributed by atoms with van der Waals surface area (Å²) in [6.07, 6.45) is 4.77. The van der Waals surface area contributed by atoms with Crippen molar-refractivity contribution < 1.29 is 14.3 Å². The van der Waals surface area contributed by atoms with Crippen molar-refractivity contribution in [2.45, 2.75) is 44.8 Å². The van der Waals surface area contributed by atoms with Crippen LogP contribution in [0.1, 0.15) is 32.6 Å². The molecular weight excluding hydrogens is 206 g/mol. The van der Waals surface area contributed by atoms with Crippen LogP contribution in [0.25, 0.3) is 0 Å². The Morgan fingerprint density at radius 1 is 1.31 bits per heavy atom. The second-order valence-electron chi connectivity index (χ2n) is 5.17. The van der Waals surface area contributed by atoms with Crippen molar-refractivity contribution in [2.24, 2.45) is 17.6 Å². The minimum Gasteiger partial charge on any atom is -0.461 e. The minimum absolute atomic E-state index is 0.0380. The molecule has 0 radical (unpaired) electrons. The molecular formula is C12H21NO3. The third kappa shape index (κ3) is 3.46. The summed E-state index contributed by atoms with van der Waals surface area (Å²) in [5, 5.41) is 0. The van der Waals surface area contributed by atoms with Crippen LogP contribution in [0.5, 0.6) is 0 Å². The molecule has 92 valence electrons. The van der Waals surface area contributed by atoms with Gasteiger partial charge in [0.1, 0.15) is 6.04 Å². The van der Waals surface area contributed by atoms with E-state index in [2.05, 4.69) is 0 Å². The second-order valence-corrected chi connectivity index (χ2v) is 5.17. The van der Waals surface area contributed by atoms with Crippen LogP contribution in [0.2, 0.25) is 0 Å². The molecule has 0 aromatic rings. The third-order valence-electron chi connectivity index (χ3n) is 3.30. The number of esters is 1. The number of ether oxygens (including phenoxy) is 2. The maximum atomic E-state index is 11.4. The first-order chi connectivity index (χ1) is 7.65. The first-order valence-electron chi connectivity index (χ1n) is 6.19. The fourth-order valence-corrected chi connectivity index (χ4v) is 2.29. The molecule has 4 heteroatoms. The predicted octanol–water partition coefficient (Wildman–Crippen LogP) is 1.08. The zero-order valence-electron chi connectivity index (χ0n) is 9.85. The maximum absolute atomic E-state index is 11.4. The second kappa shape index (κ2) is 5.15. The minimum atomic E-state index is -0.623. The average molecular weight is 227 g/mol. The smallest absolute Gasteiger partial charge is 0.325 e. The highest BCUT2D eigenvalue weighted by Gasteiger charge is 2.29. The molecule has 2 N–H and O–H groups in total. The van der Waals surface area contributed by atoms with Gasteiger partial charge in [0, 0.05) is 6.61 Å². The lowest BCUT2D eigenvalue weighted by Gasteiger charge is -2.19. The molecule has 1 saturated heterocycles. The van der Waals surface area contributed by atoms with Crippen molar-refractivity contribution in [3.63, 3.8) is 0 Å². The summed E-state index contributed by atoms with van der Waals surface area (Å²) in [7, 11) is 0. The van der Waals surface area contributed by atoms with Crippen LogP contribution in [0, 0.1) is 11.8 Å². The van der Waals surface area contributed by atoms with Crippen LogP contribution < -0.4 is 5.73 Å². The molecule has 0 bridgehead atoms. The van der Waals surface area contributed by atoms with E-state index in [4.69, 9.17) is 15.2 Å². The van der Waals surface area contributed by atoms with E-state index in [0.29, 0.717) is 12.5 Å². The Labute approximate surface area is 96.5 Å². The Morgan fingerprint density at radius 3 is 2.75 bits per heavy atom. The fourth-order valence-electron chi connectivity index (χ4n) is 2.29. The maximum Gasteiger partial charge on any atom is 0.325 e. The van der Waals surface area contributed by atoms with E-state index >= 15 is 0 Å². The molecule has 1 aliphatic heterocycles. The molecule has 2 aliphatic rings. The highest BCUT2D eigenvalue weighted by atomic mass is 16.5. The Kier molecular flexibility index (Phi) is 3.82. The van der Waals surface area contributed by atoms with E-state index in [1.807, 2.05) is 6.92 Å². The van der Waals surface area contributed by atoms with Gasteiger partial charge in [-0.3, -0.25) is 4.79 Å². The van der Waals surface area contributed by atoms with Gasteiger partial charge in [0.15, 0.2) is 0 Å². The summed E-state index contributed by atoms with van der Waals surface area (Å²) in [5.74, 6) is 1.06. The highest BCUT2D eigenvalue weighted by molar-refractivity contribution is 5.75. The van der Waals surface area contributed by atoms with E-state index in [1.165, 1.54) is 19.3 Å². The normalized spacial score (nSPS) is 37.1. The fraction of sp³-hybridized carbons (Fsp3) is 0.917. The van der Waals surface area contributed by atoms with Gasteiger partial charge in [-0.25, -0.2) is 0 Å². The molecule has 1 unspecified atom stereocenters. The zero-order valence-corrected chi connectivity index (χ0v) is 9.85. The molecule has 16 heavy (non-hydrogen) atoms. The summed E-state index contributed by atoms with van der Waals surface area (Å²) in [4.78, 5) is 11.4. The average Bonchev–Trinajstić information content (AvgIpc) is 2.99. The van der Waals surface area contributed by atoms with Crippen LogP contribution in [0.15, 0.2) is 0 Å². The van der Waals surface area contributed by atoms with Crippen molar-refractivity contribution in [1.29, 1.82) is 0 Å². The molecule has 3 atom stereocenters. The lowest BCUT2D eigenvalue weighted by Crippen LogP contribution is -2.37. The molecule has 2 rings (SSSR count). The van der Waals surface area contributed by atoms with E-state index < -0.39 is 6.04 Å². The van der Waals surface area contributed by atoms with E-state index in [-0.39, 0.29) is 18.7 Å². The molecule has 2 fully saturated rings. The topological polar surface area (TPSA) is 61.5 Å². The Bertz CT molecular complexity index is 253. The van der Waals surface area contributed by atoms with Crippen molar-refractivity contribution in [3.05, 3.63) is 0 Å². The van der Waals surface area contributed by atoms with Gasteiger partial charge in [0.25, 0.3) is 0 Å². The molecule has 1 saturated carbocycles. The number of hydrogen-bond donors (Lipinski definition) is 1. The van der Waals surface area contributed by atoms with Crippen LogP contribution in [0.3, 0.4) is 0 Å². The number of cyclic esters (lactones) is 1. The molecule has 0 spiro atoms. The standard InChI is InChI=1S/C12H21NO3/c1-8-4-10(5-9-2-3-9)6-15-7-11(13)12(14)16-8/h8-11H,2-7,13H2,1H3/t8?,10-,11-/m0/s1. The number of carbonyl (C=O) groups excluding carboxylic acids is 1. The molecule has 0 amide bonds. The lowest BCUT2D eigenvalue weighted by atomic mass is 9.97. The first kappa shape index (κ1) is 11.9. The quantitative estimate of drug-likeness (QED) is 0.717. The van der Waals surface area contributed by atoms with Crippen LogP contribution in [0.4, 0.5) is 0 Å². The summed E-state index contributed by atoms with van der Waals surface area (Å²) >= 11 is 0. The van der Waals surface area contributed by atoms with Gasteiger partial charge in [-0.05, 0) is 31.6 Å². The van der Waals surface area contributed by atoms with Gasteiger partial charge in [-0.15, -0.1) is 0 Å². The van der Waals surface area contributed by atoms with E-state index in [1.54, 1.807) is 0 Å². The lowest BCUT2D eigenvalue weighted by molar-refractivity contribution is -0.150. The molecule has 0 aromatic carbocycles. The number of rotatable bonds is 2. The first-order valence-corrected chi connectivity index (χ1v) is 6.19. The van der Waals surface area contributed by atoms with Crippen molar-refractivity contribution in [2.75, 3.05) is 13.2 Å². The van der Waals surface area contributed by atoms with E-state index in [9.17, 15) is 4.79 Å². The zero-order chi connectivity index (χ0) is 11.5. The highest BCUT2D eigenvalue weighted by Crippen LogP contribution is 2.36. The van der Waals surface area contributed by atoms with Gasteiger partial charge in [0.2, 0.25) is 0 Å².